The molecule has 2 rings (SSSR count). The minimum Gasteiger partial charge on any atom is -0.490 e. The van der Waals surface area contributed by atoms with Gasteiger partial charge in [-0.25, -0.2) is 8.42 Å². The van der Waals surface area contributed by atoms with Crippen LogP contribution >= 0.6 is 12.4 Å². The number of hydrogen-bond acceptors (Lipinski definition) is 6. The number of ether oxygens (including phenoxy) is 2. The number of nitrogens with two attached hydrogens (primary N) is 1. The van der Waals surface area contributed by atoms with E-state index in [1.165, 1.54) is 12.1 Å². The van der Waals surface area contributed by atoms with Crippen LogP contribution in [0.4, 0.5) is 0 Å². The smallest absolute Gasteiger partial charge is 0.221 e. The van der Waals surface area contributed by atoms with E-state index in [2.05, 4.69) is 5.32 Å². The predicted molar refractivity (Wildman–Crippen MR) is 92.6 cm³/mol. The first-order chi connectivity index (χ1) is 11.0. The van der Waals surface area contributed by atoms with Crippen LogP contribution in [0.1, 0.15) is 19.3 Å². The Bertz CT molecular complexity index is 651. The molecule has 1 aromatic carbocycles. The van der Waals surface area contributed by atoms with Crippen molar-refractivity contribution in [1.82, 2.24) is 5.32 Å². The predicted octanol–water partition coefficient (Wildman–Crippen LogP) is 0.899. The van der Waals surface area contributed by atoms with Crippen molar-refractivity contribution in [2.45, 2.75) is 24.2 Å². The SMILES string of the molecule is Cl.NCCCNC(=O)CCS(=O)(=O)c1ccc2c(c1)OCCCO2. The number of halogens is 1. The normalized spacial score (nSPS) is 13.5. The number of rotatable bonds is 7. The van der Waals surface area contributed by atoms with Crippen LogP contribution in [-0.4, -0.2) is 46.4 Å². The van der Waals surface area contributed by atoms with Crippen molar-refractivity contribution in [3.8, 4) is 11.5 Å². The summed E-state index contributed by atoms with van der Waals surface area (Å²) >= 11 is 0. The van der Waals surface area contributed by atoms with E-state index in [4.69, 9.17) is 15.2 Å². The topological polar surface area (TPSA) is 108 Å². The van der Waals surface area contributed by atoms with Gasteiger partial charge < -0.3 is 20.5 Å². The average Bonchev–Trinajstić information content (AvgIpc) is 2.78. The Hall–Kier alpha value is -1.51. The van der Waals surface area contributed by atoms with Crippen LogP contribution in [0.15, 0.2) is 23.1 Å². The molecule has 0 unspecified atom stereocenters. The lowest BCUT2D eigenvalue weighted by atomic mass is 10.3. The quantitative estimate of drug-likeness (QED) is 0.682. The highest BCUT2D eigenvalue weighted by Crippen LogP contribution is 2.32. The highest BCUT2D eigenvalue weighted by atomic mass is 35.5. The van der Waals surface area contributed by atoms with Crippen LogP contribution in [-0.2, 0) is 14.6 Å². The fourth-order valence-electron chi connectivity index (χ4n) is 2.10. The van der Waals surface area contributed by atoms with E-state index in [0.29, 0.717) is 44.2 Å². The third-order valence-corrected chi connectivity index (χ3v) is 5.09. The van der Waals surface area contributed by atoms with Crippen molar-refractivity contribution >= 4 is 28.2 Å². The second kappa shape index (κ2) is 9.71. The summed E-state index contributed by atoms with van der Waals surface area (Å²) in [6.45, 7) is 1.97. The monoisotopic (exact) mass is 378 g/mol. The standard InChI is InChI=1S/C15H22N2O5S.ClH/c16-6-1-7-17-15(18)5-10-23(19,20)12-3-4-13-14(11-12)22-9-2-8-21-13;/h3-4,11H,1-2,5-10,16H2,(H,17,18);1H. The molecule has 7 nitrogen and oxygen atoms in total. The molecule has 9 heteroatoms. The molecule has 0 spiro atoms. The van der Waals surface area contributed by atoms with Gasteiger partial charge in [-0.3, -0.25) is 4.79 Å². The lowest BCUT2D eigenvalue weighted by molar-refractivity contribution is -0.120. The van der Waals surface area contributed by atoms with E-state index in [0.717, 1.165) is 6.42 Å². The number of benzene rings is 1. The molecule has 0 atom stereocenters. The molecular weight excluding hydrogens is 356 g/mol. The maximum atomic E-state index is 12.3. The molecular formula is C15H23ClN2O5S. The minimum atomic E-state index is -3.55. The van der Waals surface area contributed by atoms with E-state index in [1.807, 2.05) is 0 Å². The summed E-state index contributed by atoms with van der Waals surface area (Å²) in [6, 6.07) is 4.53. The molecule has 1 aliphatic heterocycles. The van der Waals surface area contributed by atoms with Crippen molar-refractivity contribution in [3.63, 3.8) is 0 Å². The maximum absolute atomic E-state index is 12.3. The Labute approximate surface area is 148 Å². The zero-order valence-electron chi connectivity index (χ0n) is 13.3. The van der Waals surface area contributed by atoms with Crippen LogP contribution in [0, 0.1) is 0 Å². The molecule has 1 aliphatic rings. The molecule has 1 aromatic rings. The first-order valence-corrected chi connectivity index (χ1v) is 9.27. The van der Waals surface area contributed by atoms with Gasteiger partial charge in [-0.2, -0.15) is 0 Å². The van der Waals surface area contributed by atoms with Crippen LogP contribution in [0.5, 0.6) is 11.5 Å². The highest BCUT2D eigenvalue weighted by molar-refractivity contribution is 7.91. The molecule has 0 radical (unpaired) electrons. The summed E-state index contributed by atoms with van der Waals surface area (Å²) in [4.78, 5) is 11.7. The van der Waals surface area contributed by atoms with Gasteiger partial charge in [-0.05, 0) is 25.1 Å². The number of sulfone groups is 1. The Morgan fingerprint density at radius 3 is 2.62 bits per heavy atom. The lowest BCUT2D eigenvalue weighted by Gasteiger charge is -2.10. The first kappa shape index (κ1) is 20.5. The summed E-state index contributed by atoms with van der Waals surface area (Å²) in [5.41, 5.74) is 5.33. The van der Waals surface area contributed by atoms with Gasteiger partial charge in [0.15, 0.2) is 21.3 Å². The summed E-state index contributed by atoms with van der Waals surface area (Å²) in [5, 5.41) is 2.64. The van der Waals surface area contributed by atoms with E-state index >= 15 is 0 Å². The van der Waals surface area contributed by atoms with Crippen LogP contribution in [0.25, 0.3) is 0 Å². The molecule has 0 aliphatic carbocycles. The van der Waals surface area contributed by atoms with Crippen molar-refractivity contribution in [1.29, 1.82) is 0 Å². The fourth-order valence-corrected chi connectivity index (χ4v) is 3.35. The third kappa shape index (κ3) is 5.85. The van der Waals surface area contributed by atoms with E-state index in [-0.39, 0.29) is 35.4 Å². The Kier molecular flexibility index (Phi) is 8.30. The molecule has 1 amide bonds. The van der Waals surface area contributed by atoms with Gasteiger partial charge in [0.2, 0.25) is 5.91 Å². The summed E-state index contributed by atoms with van der Waals surface area (Å²) in [6.07, 6.45) is 1.34. The highest BCUT2D eigenvalue weighted by Gasteiger charge is 2.20. The number of carbonyl (C=O) groups excluding carboxylic acids is 1. The molecule has 24 heavy (non-hydrogen) atoms. The van der Waals surface area contributed by atoms with Gasteiger partial charge in [0.25, 0.3) is 0 Å². The number of amides is 1. The van der Waals surface area contributed by atoms with Crippen molar-refractivity contribution < 1.29 is 22.7 Å². The van der Waals surface area contributed by atoms with Crippen LogP contribution < -0.4 is 20.5 Å². The lowest BCUT2D eigenvalue weighted by Crippen LogP contribution is -2.27. The molecule has 0 aromatic heterocycles. The third-order valence-electron chi connectivity index (χ3n) is 3.38. The first-order valence-electron chi connectivity index (χ1n) is 7.62. The second-order valence-electron chi connectivity index (χ2n) is 5.22. The minimum absolute atomic E-state index is 0. The molecule has 136 valence electrons. The number of hydrogen-bond donors (Lipinski definition) is 2. The number of carbonyl (C=O) groups is 1. The van der Waals surface area contributed by atoms with Gasteiger partial charge in [0.05, 0.1) is 23.9 Å². The maximum Gasteiger partial charge on any atom is 0.221 e. The Morgan fingerprint density at radius 2 is 1.92 bits per heavy atom. The molecule has 3 N–H and O–H groups in total. The fraction of sp³-hybridized carbons (Fsp3) is 0.533. The van der Waals surface area contributed by atoms with E-state index < -0.39 is 9.84 Å². The van der Waals surface area contributed by atoms with E-state index in [9.17, 15) is 13.2 Å². The van der Waals surface area contributed by atoms with Gasteiger partial charge in [-0.15, -0.1) is 12.4 Å². The average molecular weight is 379 g/mol. The second-order valence-corrected chi connectivity index (χ2v) is 7.33. The molecule has 0 bridgehead atoms. The zero-order valence-corrected chi connectivity index (χ0v) is 15.0. The summed E-state index contributed by atoms with van der Waals surface area (Å²) in [5.74, 6) is 0.425. The molecule has 0 fully saturated rings. The largest absolute Gasteiger partial charge is 0.490 e. The summed E-state index contributed by atoms with van der Waals surface area (Å²) < 4.78 is 35.7. The molecule has 1 heterocycles. The van der Waals surface area contributed by atoms with Crippen molar-refractivity contribution in [2.24, 2.45) is 5.73 Å². The van der Waals surface area contributed by atoms with Crippen molar-refractivity contribution in [3.05, 3.63) is 18.2 Å². The number of nitrogens with one attached hydrogen (secondary N) is 1. The number of fused-ring (bicyclic) bond motifs is 1. The van der Waals surface area contributed by atoms with Crippen molar-refractivity contribution in [2.75, 3.05) is 32.1 Å². The van der Waals surface area contributed by atoms with Gasteiger partial charge in [0.1, 0.15) is 0 Å². The molecule has 0 saturated carbocycles. The van der Waals surface area contributed by atoms with Crippen LogP contribution in [0.3, 0.4) is 0 Å². The van der Waals surface area contributed by atoms with Gasteiger partial charge in [-0.1, -0.05) is 0 Å². The van der Waals surface area contributed by atoms with Crippen LogP contribution in [0.2, 0.25) is 0 Å². The Morgan fingerprint density at radius 1 is 1.21 bits per heavy atom. The molecule has 0 saturated heterocycles. The van der Waals surface area contributed by atoms with Gasteiger partial charge >= 0.3 is 0 Å². The zero-order chi connectivity index (χ0) is 16.7. The van der Waals surface area contributed by atoms with E-state index in [1.54, 1.807) is 6.07 Å². The summed E-state index contributed by atoms with van der Waals surface area (Å²) in [7, 11) is -3.55. The Balaban J connectivity index is 0.00000288. The van der Waals surface area contributed by atoms with Gasteiger partial charge in [0, 0.05) is 25.5 Å².